The van der Waals surface area contributed by atoms with E-state index in [1.54, 1.807) is 25.1 Å². The fraction of sp³-hybridized carbons (Fsp3) is 0.333. The lowest BCUT2D eigenvalue weighted by molar-refractivity contribution is 0.210. The zero-order valence-electron chi connectivity index (χ0n) is 7.22. The second-order valence-corrected chi connectivity index (χ2v) is 3.99. The predicted molar refractivity (Wildman–Crippen MR) is 55.1 cm³/mol. The summed E-state index contributed by atoms with van der Waals surface area (Å²) in [4.78, 5) is 0. The monoisotopic (exact) mass is 219 g/mol. The predicted octanol–water partition coefficient (Wildman–Crippen LogP) is 2.16. The number of halogens is 2. The van der Waals surface area contributed by atoms with Gasteiger partial charge in [0.2, 0.25) is 0 Å². The van der Waals surface area contributed by atoms with Crippen molar-refractivity contribution in [3.63, 3.8) is 0 Å². The molecule has 0 saturated carbocycles. The number of nitrogens with two attached hydrogens (primary N) is 1. The average Bonchev–Trinajstić information content (AvgIpc) is 2.03. The van der Waals surface area contributed by atoms with Crippen LogP contribution in [0.5, 0.6) is 0 Å². The molecule has 72 valence electrons. The van der Waals surface area contributed by atoms with Gasteiger partial charge in [0, 0.05) is 15.6 Å². The minimum atomic E-state index is -0.893. The van der Waals surface area contributed by atoms with E-state index in [0.717, 1.165) is 0 Å². The van der Waals surface area contributed by atoms with Crippen LogP contribution in [0.1, 0.15) is 12.5 Å². The highest BCUT2D eigenvalue weighted by molar-refractivity contribution is 6.36. The number of benzene rings is 1. The minimum Gasteiger partial charge on any atom is -0.394 e. The van der Waals surface area contributed by atoms with Crippen LogP contribution in [0.2, 0.25) is 10.0 Å². The molecule has 0 spiro atoms. The lowest BCUT2D eigenvalue weighted by Crippen LogP contribution is -2.37. The first-order valence-electron chi connectivity index (χ1n) is 3.83. The van der Waals surface area contributed by atoms with Gasteiger partial charge in [0.25, 0.3) is 0 Å². The Hall–Kier alpha value is -0.280. The largest absolute Gasteiger partial charge is 0.394 e. The highest BCUT2D eigenvalue weighted by Gasteiger charge is 2.25. The summed E-state index contributed by atoms with van der Waals surface area (Å²) in [5.74, 6) is 0. The molecular formula is C9H11Cl2NO. The maximum atomic E-state index is 9.05. The van der Waals surface area contributed by atoms with Crippen LogP contribution >= 0.6 is 23.2 Å². The molecule has 0 aromatic heterocycles. The zero-order chi connectivity index (χ0) is 10.1. The van der Waals surface area contributed by atoms with E-state index in [0.29, 0.717) is 15.6 Å². The van der Waals surface area contributed by atoms with Crippen molar-refractivity contribution in [2.75, 3.05) is 6.61 Å². The third-order valence-corrected chi connectivity index (χ3v) is 2.49. The third-order valence-electron chi connectivity index (χ3n) is 1.86. The summed E-state index contributed by atoms with van der Waals surface area (Å²) in [5, 5.41) is 10.0. The Morgan fingerprint density at radius 3 is 2.23 bits per heavy atom. The molecule has 2 nitrogen and oxygen atoms in total. The van der Waals surface area contributed by atoms with Crippen LogP contribution in [0.25, 0.3) is 0 Å². The second-order valence-electron chi connectivity index (χ2n) is 3.17. The summed E-state index contributed by atoms with van der Waals surface area (Å²) >= 11 is 11.8. The molecule has 0 aliphatic heterocycles. The molecule has 1 aromatic rings. The van der Waals surface area contributed by atoms with Gasteiger partial charge in [0.1, 0.15) is 0 Å². The van der Waals surface area contributed by atoms with Gasteiger partial charge in [-0.15, -0.1) is 0 Å². The number of hydrogen-bond acceptors (Lipinski definition) is 2. The lowest BCUT2D eigenvalue weighted by atomic mass is 9.94. The molecule has 1 atom stereocenters. The van der Waals surface area contributed by atoms with Crippen LogP contribution in [0, 0.1) is 0 Å². The van der Waals surface area contributed by atoms with Crippen molar-refractivity contribution in [1.82, 2.24) is 0 Å². The first-order valence-corrected chi connectivity index (χ1v) is 4.59. The van der Waals surface area contributed by atoms with Crippen LogP contribution in [0.15, 0.2) is 18.2 Å². The maximum Gasteiger partial charge on any atom is 0.0651 e. The molecule has 0 radical (unpaired) electrons. The molecule has 0 amide bonds. The fourth-order valence-corrected chi connectivity index (χ4v) is 1.95. The number of rotatable bonds is 2. The SMILES string of the molecule is C[C@](N)(CO)c1c(Cl)cccc1Cl. The highest BCUT2D eigenvalue weighted by Crippen LogP contribution is 2.32. The maximum absolute atomic E-state index is 9.05. The summed E-state index contributed by atoms with van der Waals surface area (Å²) in [6, 6.07) is 5.13. The van der Waals surface area contributed by atoms with Crippen molar-refractivity contribution in [1.29, 1.82) is 0 Å². The van der Waals surface area contributed by atoms with Gasteiger partial charge in [-0.25, -0.2) is 0 Å². The third kappa shape index (κ3) is 2.15. The smallest absolute Gasteiger partial charge is 0.0651 e. The molecule has 0 aliphatic rings. The minimum absolute atomic E-state index is 0.198. The van der Waals surface area contributed by atoms with Gasteiger partial charge >= 0.3 is 0 Å². The molecule has 0 fully saturated rings. The molecule has 13 heavy (non-hydrogen) atoms. The molecule has 3 N–H and O–H groups in total. The number of aliphatic hydroxyl groups is 1. The van der Waals surface area contributed by atoms with Gasteiger partial charge < -0.3 is 10.8 Å². The van der Waals surface area contributed by atoms with Gasteiger partial charge in [0.05, 0.1) is 12.1 Å². The summed E-state index contributed by atoms with van der Waals surface area (Å²) in [5.41, 5.74) is 5.51. The van der Waals surface area contributed by atoms with Crippen LogP contribution in [0.4, 0.5) is 0 Å². The summed E-state index contributed by atoms with van der Waals surface area (Å²) in [6.07, 6.45) is 0. The van der Waals surface area contributed by atoms with Gasteiger partial charge in [-0.05, 0) is 19.1 Å². The highest BCUT2D eigenvalue weighted by atomic mass is 35.5. The zero-order valence-corrected chi connectivity index (χ0v) is 8.73. The molecule has 0 heterocycles. The van der Waals surface area contributed by atoms with Crippen LogP contribution in [0.3, 0.4) is 0 Å². The van der Waals surface area contributed by atoms with E-state index in [2.05, 4.69) is 0 Å². The van der Waals surface area contributed by atoms with Gasteiger partial charge in [-0.1, -0.05) is 29.3 Å². The van der Waals surface area contributed by atoms with E-state index in [9.17, 15) is 0 Å². The van der Waals surface area contributed by atoms with Crippen molar-refractivity contribution in [2.24, 2.45) is 5.73 Å². The second kappa shape index (κ2) is 3.84. The molecule has 0 saturated heterocycles. The fourth-order valence-electron chi connectivity index (χ4n) is 1.12. The van der Waals surface area contributed by atoms with Crippen molar-refractivity contribution >= 4 is 23.2 Å². The van der Waals surface area contributed by atoms with Crippen molar-refractivity contribution < 1.29 is 5.11 Å². The van der Waals surface area contributed by atoms with Crippen molar-refractivity contribution in [3.8, 4) is 0 Å². The molecule has 0 aliphatic carbocycles. The van der Waals surface area contributed by atoms with Crippen LogP contribution < -0.4 is 5.73 Å². The topological polar surface area (TPSA) is 46.2 Å². The van der Waals surface area contributed by atoms with Crippen LogP contribution in [-0.4, -0.2) is 11.7 Å². The number of hydrogen-bond donors (Lipinski definition) is 2. The normalized spacial score (nSPS) is 15.5. The quantitative estimate of drug-likeness (QED) is 0.802. The standard InChI is InChI=1S/C9H11Cl2NO/c1-9(12,5-13)8-6(10)3-2-4-7(8)11/h2-4,13H,5,12H2,1H3/t9-/m0/s1. The summed E-state index contributed by atoms with van der Waals surface area (Å²) < 4.78 is 0. The van der Waals surface area contributed by atoms with E-state index >= 15 is 0 Å². The van der Waals surface area contributed by atoms with Crippen molar-refractivity contribution in [2.45, 2.75) is 12.5 Å². The molecular weight excluding hydrogens is 209 g/mol. The molecule has 1 aromatic carbocycles. The van der Waals surface area contributed by atoms with Gasteiger partial charge in [-0.2, -0.15) is 0 Å². The summed E-state index contributed by atoms with van der Waals surface area (Å²) in [6.45, 7) is 1.48. The van der Waals surface area contributed by atoms with Gasteiger partial charge in [0.15, 0.2) is 0 Å². The van der Waals surface area contributed by atoms with Gasteiger partial charge in [-0.3, -0.25) is 0 Å². The summed E-state index contributed by atoms with van der Waals surface area (Å²) in [7, 11) is 0. The molecule has 1 rings (SSSR count). The average molecular weight is 220 g/mol. The Kier molecular flexibility index (Phi) is 3.19. The van der Waals surface area contributed by atoms with E-state index in [1.807, 2.05) is 0 Å². The van der Waals surface area contributed by atoms with Crippen molar-refractivity contribution in [3.05, 3.63) is 33.8 Å². The first-order chi connectivity index (χ1) is 5.99. The Labute approximate surface area is 87.3 Å². The van der Waals surface area contributed by atoms with E-state index in [-0.39, 0.29) is 6.61 Å². The molecule has 4 heteroatoms. The molecule has 0 bridgehead atoms. The Morgan fingerprint density at radius 1 is 1.38 bits per heavy atom. The lowest BCUT2D eigenvalue weighted by Gasteiger charge is -2.24. The van der Waals surface area contributed by atoms with E-state index in [1.165, 1.54) is 0 Å². The van der Waals surface area contributed by atoms with E-state index < -0.39 is 5.54 Å². The Bertz CT molecular complexity index is 292. The first kappa shape index (κ1) is 10.8. The Balaban J connectivity index is 3.28. The molecule has 0 unspecified atom stereocenters. The Morgan fingerprint density at radius 2 is 1.85 bits per heavy atom. The van der Waals surface area contributed by atoms with Crippen LogP contribution in [-0.2, 0) is 5.54 Å². The number of aliphatic hydroxyl groups excluding tert-OH is 1. The van der Waals surface area contributed by atoms with E-state index in [4.69, 9.17) is 34.0 Å².